The van der Waals surface area contributed by atoms with E-state index >= 15 is 0 Å². The molecule has 3 aromatic carbocycles. The fourth-order valence-electron chi connectivity index (χ4n) is 4.21. The first-order valence-electron chi connectivity index (χ1n) is 12.4. The summed E-state index contributed by atoms with van der Waals surface area (Å²) in [5.41, 5.74) is 3.36. The minimum atomic E-state index is -0.377. The maximum atomic E-state index is 6.45. The van der Waals surface area contributed by atoms with Crippen LogP contribution in [-0.2, 0) is 43.5 Å². The van der Waals surface area contributed by atoms with E-state index in [1.165, 1.54) is 0 Å². The van der Waals surface area contributed by atoms with E-state index in [0.717, 1.165) is 16.7 Å². The summed E-state index contributed by atoms with van der Waals surface area (Å²) < 4.78 is 31.4. The van der Waals surface area contributed by atoms with Crippen LogP contribution in [-0.4, -0.2) is 37.3 Å². The van der Waals surface area contributed by atoms with Crippen LogP contribution in [0.5, 0.6) is 0 Å². The van der Waals surface area contributed by atoms with Gasteiger partial charge in [0.05, 0.1) is 38.6 Å². The van der Waals surface area contributed by atoms with E-state index in [-0.39, 0.29) is 30.7 Å². The highest BCUT2D eigenvalue weighted by Crippen LogP contribution is 2.29. The molecule has 0 N–H and O–H groups in total. The van der Waals surface area contributed by atoms with Crippen molar-refractivity contribution in [2.24, 2.45) is 0 Å². The molecule has 1 heterocycles. The molecule has 0 aromatic heterocycles. The molecule has 0 saturated carbocycles. The molecule has 1 aliphatic rings. The Balaban J connectivity index is 1.47. The van der Waals surface area contributed by atoms with Crippen LogP contribution in [0.15, 0.2) is 91.0 Å². The van der Waals surface area contributed by atoms with Crippen LogP contribution >= 0.6 is 0 Å². The Bertz CT molecular complexity index is 964. The minimum absolute atomic E-state index is 0.0439. The highest BCUT2D eigenvalue weighted by molar-refractivity contribution is 5.15. The van der Waals surface area contributed by atoms with Gasteiger partial charge in [0.1, 0.15) is 12.2 Å². The first kappa shape index (κ1) is 25.5. The van der Waals surface area contributed by atoms with Crippen LogP contribution in [0.1, 0.15) is 37.0 Å². The molecule has 0 amide bonds. The van der Waals surface area contributed by atoms with Gasteiger partial charge in [-0.1, -0.05) is 91.0 Å². The molecule has 1 aliphatic heterocycles. The summed E-state index contributed by atoms with van der Waals surface area (Å²) in [7, 11) is 0. The predicted molar refractivity (Wildman–Crippen MR) is 136 cm³/mol. The summed E-state index contributed by atoms with van der Waals surface area (Å²) in [6, 6.07) is 30.5. The standard InChI is InChI=1S/C30H36O5/c1-23(2)34-29-18-27(32-20-25-14-8-4-9-15-25)30(33-21-26-16-10-5-11-17-26)28(35-29)22-31-19-24-12-6-3-7-13-24/h3-17,23,27-30H,18-22H2,1-2H3/t27-,28-,29?,30+/m1/s1. The van der Waals surface area contributed by atoms with Crippen molar-refractivity contribution < 1.29 is 23.7 Å². The Labute approximate surface area is 208 Å². The molecule has 0 radical (unpaired) electrons. The molecule has 5 heteroatoms. The number of ether oxygens (including phenoxy) is 5. The highest BCUT2D eigenvalue weighted by Gasteiger charge is 2.41. The lowest BCUT2D eigenvalue weighted by Gasteiger charge is -2.41. The zero-order chi connectivity index (χ0) is 24.3. The third-order valence-electron chi connectivity index (χ3n) is 5.89. The Morgan fingerprint density at radius 2 is 1.23 bits per heavy atom. The van der Waals surface area contributed by atoms with E-state index in [1.807, 2.05) is 68.4 Å². The Hall–Kier alpha value is -2.54. The molecular weight excluding hydrogens is 440 g/mol. The zero-order valence-corrected chi connectivity index (χ0v) is 20.6. The van der Waals surface area contributed by atoms with Crippen LogP contribution in [0, 0.1) is 0 Å². The molecule has 35 heavy (non-hydrogen) atoms. The lowest BCUT2D eigenvalue weighted by molar-refractivity contribution is -0.285. The van der Waals surface area contributed by atoms with Crippen LogP contribution in [0.25, 0.3) is 0 Å². The molecule has 4 rings (SSSR count). The van der Waals surface area contributed by atoms with Crippen molar-refractivity contribution in [2.75, 3.05) is 6.61 Å². The van der Waals surface area contributed by atoms with Crippen molar-refractivity contribution in [3.8, 4) is 0 Å². The van der Waals surface area contributed by atoms with Gasteiger partial charge in [-0.3, -0.25) is 0 Å². The second-order valence-electron chi connectivity index (χ2n) is 9.12. The van der Waals surface area contributed by atoms with Crippen molar-refractivity contribution >= 4 is 0 Å². The van der Waals surface area contributed by atoms with E-state index in [4.69, 9.17) is 23.7 Å². The quantitative estimate of drug-likeness (QED) is 0.325. The van der Waals surface area contributed by atoms with Crippen molar-refractivity contribution in [1.82, 2.24) is 0 Å². The normalized spacial score (nSPS) is 22.4. The summed E-state index contributed by atoms with van der Waals surface area (Å²) in [4.78, 5) is 0. The fraction of sp³-hybridized carbons (Fsp3) is 0.400. The molecule has 0 aliphatic carbocycles. The molecule has 5 nitrogen and oxygen atoms in total. The maximum absolute atomic E-state index is 6.45. The monoisotopic (exact) mass is 476 g/mol. The average molecular weight is 477 g/mol. The summed E-state index contributed by atoms with van der Waals surface area (Å²) in [6.07, 6.45) is -0.538. The lowest BCUT2D eigenvalue weighted by Crippen LogP contribution is -2.53. The molecule has 1 fully saturated rings. The first-order chi connectivity index (χ1) is 17.2. The molecule has 186 valence electrons. The van der Waals surface area contributed by atoms with Gasteiger partial charge in [-0.25, -0.2) is 0 Å². The van der Waals surface area contributed by atoms with Crippen molar-refractivity contribution in [3.63, 3.8) is 0 Å². The largest absolute Gasteiger partial charge is 0.374 e. The van der Waals surface area contributed by atoms with Crippen molar-refractivity contribution in [3.05, 3.63) is 108 Å². The van der Waals surface area contributed by atoms with Gasteiger partial charge in [-0.2, -0.15) is 0 Å². The van der Waals surface area contributed by atoms with Gasteiger partial charge in [0.2, 0.25) is 0 Å². The van der Waals surface area contributed by atoms with Crippen LogP contribution < -0.4 is 0 Å². The first-order valence-corrected chi connectivity index (χ1v) is 12.4. The maximum Gasteiger partial charge on any atom is 0.161 e. The molecule has 0 bridgehead atoms. The third kappa shape index (κ3) is 8.27. The van der Waals surface area contributed by atoms with E-state index < -0.39 is 0 Å². The minimum Gasteiger partial charge on any atom is -0.374 e. The van der Waals surface area contributed by atoms with E-state index in [0.29, 0.717) is 32.8 Å². The van der Waals surface area contributed by atoms with Crippen LogP contribution in [0.2, 0.25) is 0 Å². The number of rotatable bonds is 12. The van der Waals surface area contributed by atoms with Gasteiger partial charge in [0, 0.05) is 6.42 Å². The van der Waals surface area contributed by atoms with Gasteiger partial charge in [0.25, 0.3) is 0 Å². The van der Waals surface area contributed by atoms with E-state index in [9.17, 15) is 0 Å². The van der Waals surface area contributed by atoms with E-state index in [1.54, 1.807) is 0 Å². The Morgan fingerprint density at radius 3 is 1.77 bits per heavy atom. The summed E-state index contributed by atoms with van der Waals surface area (Å²) in [6.45, 7) is 5.91. The lowest BCUT2D eigenvalue weighted by atomic mass is 10.0. The summed E-state index contributed by atoms with van der Waals surface area (Å²) >= 11 is 0. The predicted octanol–water partition coefficient (Wildman–Crippen LogP) is 5.91. The third-order valence-corrected chi connectivity index (χ3v) is 5.89. The second-order valence-corrected chi connectivity index (χ2v) is 9.12. The Morgan fingerprint density at radius 1 is 0.714 bits per heavy atom. The molecule has 1 saturated heterocycles. The molecule has 0 spiro atoms. The molecule has 3 aromatic rings. The van der Waals surface area contributed by atoms with Gasteiger partial charge >= 0.3 is 0 Å². The van der Waals surface area contributed by atoms with Gasteiger partial charge in [0.15, 0.2) is 6.29 Å². The van der Waals surface area contributed by atoms with Crippen molar-refractivity contribution in [1.29, 1.82) is 0 Å². The molecular formula is C30H36O5. The van der Waals surface area contributed by atoms with Crippen LogP contribution in [0.3, 0.4) is 0 Å². The Kier molecular flexibility index (Phi) is 9.87. The zero-order valence-electron chi connectivity index (χ0n) is 20.6. The molecule has 1 unspecified atom stereocenters. The average Bonchev–Trinajstić information content (AvgIpc) is 2.88. The SMILES string of the molecule is CC(C)OC1C[C@@H](OCc2ccccc2)[C@H](OCc2ccccc2)[C@@H](COCc2ccccc2)O1. The van der Waals surface area contributed by atoms with E-state index in [2.05, 4.69) is 36.4 Å². The fourth-order valence-corrected chi connectivity index (χ4v) is 4.21. The summed E-state index contributed by atoms with van der Waals surface area (Å²) in [5.74, 6) is 0. The van der Waals surface area contributed by atoms with Gasteiger partial charge < -0.3 is 23.7 Å². The number of hydrogen-bond donors (Lipinski definition) is 0. The number of benzene rings is 3. The highest BCUT2D eigenvalue weighted by atomic mass is 16.7. The van der Waals surface area contributed by atoms with Gasteiger partial charge in [-0.15, -0.1) is 0 Å². The number of hydrogen-bond acceptors (Lipinski definition) is 5. The second kappa shape index (κ2) is 13.5. The van der Waals surface area contributed by atoms with Gasteiger partial charge in [-0.05, 0) is 30.5 Å². The smallest absolute Gasteiger partial charge is 0.161 e. The molecule has 4 atom stereocenters. The topological polar surface area (TPSA) is 46.2 Å². The van der Waals surface area contributed by atoms with Crippen LogP contribution in [0.4, 0.5) is 0 Å². The van der Waals surface area contributed by atoms with Crippen molar-refractivity contribution in [2.45, 2.75) is 70.8 Å². The summed E-state index contributed by atoms with van der Waals surface area (Å²) in [5, 5.41) is 0.